The van der Waals surface area contributed by atoms with Crippen molar-refractivity contribution in [2.24, 2.45) is 13.0 Å². The molecule has 3 atom stereocenters. The summed E-state index contributed by atoms with van der Waals surface area (Å²) in [6.07, 6.45) is 4.18. The molecule has 0 saturated carbocycles. The summed E-state index contributed by atoms with van der Waals surface area (Å²) in [4.78, 5) is 67.6. The lowest BCUT2D eigenvalue weighted by atomic mass is 9.90. The van der Waals surface area contributed by atoms with E-state index in [0.29, 0.717) is 71.5 Å². The molecular weight excluding hydrogens is 710 g/mol. The maximum Gasteiger partial charge on any atom is 0.251 e. The van der Waals surface area contributed by atoms with Crippen LogP contribution in [0.4, 0.5) is 5.69 Å². The van der Waals surface area contributed by atoms with Crippen LogP contribution in [-0.2, 0) is 21.4 Å². The zero-order valence-corrected chi connectivity index (χ0v) is 31.5. The van der Waals surface area contributed by atoms with Gasteiger partial charge in [0, 0.05) is 56.6 Å². The molecule has 0 bridgehead atoms. The van der Waals surface area contributed by atoms with Gasteiger partial charge in [-0.2, -0.15) is 5.10 Å². The molecule has 15 heteroatoms. The van der Waals surface area contributed by atoms with Crippen LogP contribution in [0.25, 0.3) is 22.6 Å². The van der Waals surface area contributed by atoms with Crippen molar-refractivity contribution in [2.75, 3.05) is 24.5 Å². The molecule has 0 aliphatic carbocycles. The number of piperidine rings is 1. The van der Waals surface area contributed by atoms with Gasteiger partial charge in [0.05, 0.1) is 23.4 Å². The van der Waals surface area contributed by atoms with E-state index in [9.17, 15) is 19.2 Å². The topological polar surface area (TPSA) is 167 Å². The number of aromatic nitrogens is 5. The third-order valence-corrected chi connectivity index (χ3v) is 10.3. The Kier molecular flexibility index (Phi) is 10.1. The minimum absolute atomic E-state index is 0.110. The molecule has 3 N–H and O–H groups in total. The number of carbonyl (C=O) groups is 4. The molecule has 0 unspecified atom stereocenters. The van der Waals surface area contributed by atoms with Gasteiger partial charge in [0.2, 0.25) is 17.7 Å². The lowest BCUT2D eigenvalue weighted by Gasteiger charge is -2.42. The maximum absolute atomic E-state index is 13.9. The highest BCUT2D eigenvalue weighted by molar-refractivity contribution is 6.32. The van der Waals surface area contributed by atoms with E-state index in [-0.39, 0.29) is 41.5 Å². The number of ether oxygens (including phenoxy) is 1. The summed E-state index contributed by atoms with van der Waals surface area (Å²) >= 11 is 6.52. The largest absolute Gasteiger partial charge is 0.453 e. The standard InChI is InChI=1S/C39H42ClN9O5/c1-21(2)32(39(53)49-17-16-48(19-22(49)3)26-10-6-24(7-11-26)28-14-15-31(50)42-38(28)52)44-37(51)25-8-12-27(13-9-25)54-34-30(40)18-41-36-33(34)43-35(45-36)29-20-47(5)46-23(29)4/h6-13,18,20-22,28,32H,14-17,19H2,1-5H3,(H,44,51)(H,41,43,45)(H,42,50,52)/t22-,28+,32-/m1/s1. The number of anilines is 1. The summed E-state index contributed by atoms with van der Waals surface area (Å²) in [5, 5.41) is 10.1. The second kappa shape index (κ2) is 14.9. The number of benzene rings is 2. The normalized spacial score (nSPS) is 18.2. The summed E-state index contributed by atoms with van der Waals surface area (Å²) < 4.78 is 7.90. The Bertz CT molecular complexity index is 2230. The third kappa shape index (κ3) is 7.38. The molecule has 5 aromatic rings. The molecule has 2 saturated heterocycles. The summed E-state index contributed by atoms with van der Waals surface area (Å²) in [6, 6.07) is 13.6. The van der Waals surface area contributed by atoms with Crippen LogP contribution in [0.2, 0.25) is 5.02 Å². The maximum atomic E-state index is 13.9. The molecule has 2 aliphatic heterocycles. The van der Waals surface area contributed by atoms with Crippen LogP contribution in [0, 0.1) is 12.8 Å². The van der Waals surface area contributed by atoms with Crippen molar-refractivity contribution in [3.63, 3.8) is 0 Å². The van der Waals surface area contributed by atoms with E-state index in [2.05, 4.69) is 35.6 Å². The number of rotatable bonds is 9. The summed E-state index contributed by atoms with van der Waals surface area (Å²) in [5.41, 5.74) is 4.85. The number of fused-ring (bicyclic) bond motifs is 1. The first-order chi connectivity index (χ1) is 25.9. The van der Waals surface area contributed by atoms with Crippen molar-refractivity contribution < 1.29 is 23.9 Å². The van der Waals surface area contributed by atoms with Crippen molar-refractivity contribution >= 4 is 52.1 Å². The van der Waals surface area contributed by atoms with Crippen molar-refractivity contribution in [3.05, 3.63) is 82.8 Å². The molecule has 5 heterocycles. The van der Waals surface area contributed by atoms with Crippen molar-refractivity contribution in [2.45, 2.75) is 58.5 Å². The molecule has 4 amide bonds. The first-order valence-corrected chi connectivity index (χ1v) is 18.4. The smallest absolute Gasteiger partial charge is 0.251 e. The Balaban J connectivity index is 0.981. The Hall–Kier alpha value is -5.76. The van der Waals surface area contributed by atoms with Gasteiger partial charge in [-0.25, -0.2) is 9.97 Å². The molecule has 0 spiro atoms. The second-order valence-corrected chi connectivity index (χ2v) is 14.7. The zero-order valence-electron chi connectivity index (χ0n) is 30.7. The number of imide groups is 1. The average molecular weight is 752 g/mol. The molecule has 54 heavy (non-hydrogen) atoms. The molecule has 2 aromatic carbocycles. The average Bonchev–Trinajstić information content (AvgIpc) is 3.73. The first kappa shape index (κ1) is 36.6. The number of imidazole rings is 1. The number of H-pyrrole nitrogens is 1. The number of halogens is 1. The Morgan fingerprint density at radius 1 is 1.06 bits per heavy atom. The number of carbonyl (C=O) groups excluding carboxylic acids is 4. The second-order valence-electron chi connectivity index (χ2n) is 14.3. The fraction of sp³-hybridized carbons (Fsp3) is 0.359. The van der Waals surface area contributed by atoms with E-state index in [1.807, 2.05) is 70.1 Å². The predicted molar refractivity (Wildman–Crippen MR) is 203 cm³/mol. The van der Waals surface area contributed by atoms with E-state index in [0.717, 1.165) is 22.5 Å². The summed E-state index contributed by atoms with van der Waals surface area (Å²) in [5.74, 6) is -0.0912. The minimum Gasteiger partial charge on any atom is -0.453 e. The molecule has 14 nitrogen and oxygen atoms in total. The fourth-order valence-electron chi connectivity index (χ4n) is 7.13. The van der Waals surface area contributed by atoms with Crippen LogP contribution in [0.15, 0.2) is 60.9 Å². The fourth-order valence-corrected chi connectivity index (χ4v) is 7.31. The van der Waals surface area contributed by atoms with Gasteiger partial charge in [0.1, 0.15) is 28.2 Å². The van der Waals surface area contributed by atoms with Gasteiger partial charge in [0.15, 0.2) is 11.4 Å². The monoisotopic (exact) mass is 751 g/mol. The number of pyridine rings is 1. The highest BCUT2D eigenvalue weighted by Gasteiger charge is 2.35. The number of aryl methyl sites for hydroxylation is 2. The van der Waals surface area contributed by atoms with E-state index >= 15 is 0 Å². The summed E-state index contributed by atoms with van der Waals surface area (Å²) in [7, 11) is 1.84. The molecular formula is C39H42ClN9O5. The minimum atomic E-state index is -0.725. The Labute approximate surface area is 317 Å². The van der Waals surface area contributed by atoms with Crippen LogP contribution in [-0.4, -0.2) is 85.0 Å². The Morgan fingerprint density at radius 2 is 1.80 bits per heavy atom. The van der Waals surface area contributed by atoms with E-state index in [1.165, 1.54) is 6.20 Å². The third-order valence-electron chi connectivity index (χ3n) is 10.1. The van der Waals surface area contributed by atoms with Crippen molar-refractivity contribution in [1.29, 1.82) is 0 Å². The number of aromatic amines is 1. The quantitative estimate of drug-likeness (QED) is 0.173. The SMILES string of the molecule is Cc1nn(C)cc1-c1nc2ncc(Cl)c(Oc3ccc(C(=O)N[C@@H](C(=O)N4CCN(c5ccc([C@@H]6CCC(=O)NC6=O)cc5)C[C@H]4C)C(C)C)cc3)c2[nH]1. The van der Waals surface area contributed by atoms with Gasteiger partial charge >= 0.3 is 0 Å². The van der Waals surface area contributed by atoms with Crippen molar-refractivity contribution in [3.8, 4) is 22.9 Å². The molecule has 2 fully saturated rings. The highest BCUT2D eigenvalue weighted by Crippen LogP contribution is 2.36. The highest BCUT2D eigenvalue weighted by atomic mass is 35.5. The number of hydrogen-bond acceptors (Lipinski definition) is 9. The lowest BCUT2D eigenvalue weighted by Crippen LogP contribution is -2.60. The van der Waals surface area contributed by atoms with Crippen molar-refractivity contribution in [1.82, 2.24) is 40.3 Å². The Morgan fingerprint density at radius 3 is 2.44 bits per heavy atom. The lowest BCUT2D eigenvalue weighted by molar-refractivity contribution is -0.137. The van der Waals surface area contributed by atoms with Gasteiger partial charge < -0.3 is 24.8 Å². The number of nitrogens with one attached hydrogen (secondary N) is 3. The van der Waals surface area contributed by atoms with Gasteiger partial charge in [-0.3, -0.25) is 29.2 Å². The molecule has 7 rings (SSSR count). The molecule has 3 aromatic heterocycles. The van der Waals surface area contributed by atoms with Gasteiger partial charge in [-0.05, 0) is 68.1 Å². The van der Waals surface area contributed by atoms with Gasteiger partial charge in [-0.15, -0.1) is 0 Å². The zero-order chi connectivity index (χ0) is 38.3. The van der Waals surface area contributed by atoms with Crippen LogP contribution in [0.3, 0.4) is 0 Å². The molecule has 2 aliphatic rings. The predicted octanol–water partition coefficient (Wildman–Crippen LogP) is 5.12. The molecule has 280 valence electrons. The van der Waals surface area contributed by atoms with Gasteiger partial charge in [-0.1, -0.05) is 37.6 Å². The first-order valence-electron chi connectivity index (χ1n) is 18.0. The van der Waals surface area contributed by atoms with E-state index in [4.69, 9.17) is 16.3 Å². The number of amides is 4. The molecule has 0 radical (unpaired) electrons. The van der Waals surface area contributed by atoms with Crippen LogP contribution in [0.1, 0.15) is 61.1 Å². The van der Waals surface area contributed by atoms with Crippen LogP contribution >= 0.6 is 11.6 Å². The van der Waals surface area contributed by atoms with E-state index < -0.39 is 6.04 Å². The summed E-state index contributed by atoms with van der Waals surface area (Å²) in [6.45, 7) is 9.46. The van der Waals surface area contributed by atoms with Gasteiger partial charge in [0.25, 0.3) is 5.91 Å². The number of hydrogen-bond donors (Lipinski definition) is 3. The number of nitrogens with zero attached hydrogens (tertiary/aromatic N) is 6. The van der Waals surface area contributed by atoms with Crippen LogP contribution < -0.4 is 20.3 Å². The number of piperazine rings is 1. The van der Waals surface area contributed by atoms with Crippen LogP contribution in [0.5, 0.6) is 11.5 Å². The van der Waals surface area contributed by atoms with E-state index in [1.54, 1.807) is 28.9 Å².